The Bertz CT molecular complexity index is 558. The topological polar surface area (TPSA) is 32.3 Å². The molecule has 0 aromatic carbocycles. The number of likely N-dealkylation sites (tertiary alicyclic amines) is 1. The Hall–Kier alpha value is -0.353. The number of fused-ring (bicyclic) bond motifs is 2. The van der Waals surface area contributed by atoms with Crippen LogP contribution in [0.5, 0.6) is 0 Å². The number of amides is 1. The Kier molecular flexibility index (Phi) is 4.62. The lowest BCUT2D eigenvalue weighted by Crippen LogP contribution is -2.59. The summed E-state index contributed by atoms with van der Waals surface area (Å²) in [4.78, 5) is 15.7. The highest BCUT2D eigenvalue weighted by molar-refractivity contribution is 6.09. The Morgan fingerprint density at radius 3 is 2.42 bits per heavy atom. The molecule has 4 unspecified atom stereocenters. The molecule has 0 radical (unpaired) electrons. The zero-order chi connectivity index (χ0) is 18.7. The van der Waals surface area contributed by atoms with Gasteiger partial charge in [0, 0.05) is 23.5 Å². The van der Waals surface area contributed by atoms with Crippen LogP contribution in [0.15, 0.2) is 0 Å². The summed E-state index contributed by atoms with van der Waals surface area (Å²) in [5, 5.41) is 3.86. The van der Waals surface area contributed by atoms with Gasteiger partial charge >= 0.3 is 0 Å². The molecule has 0 aromatic heterocycles. The van der Waals surface area contributed by atoms with Gasteiger partial charge in [-0.2, -0.15) is 0 Å². The number of nitrogens with zero attached hydrogens (tertiary/aromatic N) is 1. The van der Waals surface area contributed by atoms with Gasteiger partial charge in [0.15, 0.2) is 0 Å². The molecule has 2 heterocycles. The van der Waals surface area contributed by atoms with Crippen LogP contribution in [-0.4, -0.2) is 44.7 Å². The average molecular weight is 376 g/mol. The van der Waals surface area contributed by atoms with E-state index in [1.165, 1.54) is 51.4 Å². The molecule has 2 aliphatic heterocycles. The highest BCUT2D eigenvalue weighted by Crippen LogP contribution is 2.64. The van der Waals surface area contributed by atoms with E-state index in [4.69, 9.17) is 0 Å². The van der Waals surface area contributed by atoms with Crippen molar-refractivity contribution in [2.45, 2.75) is 102 Å². The van der Waals surface area contributed by atoms with Gasteiger partial charge in [0.25, 0.3) is 10.2 Å². The van der Waals surface area contributed by atoms with E-state index in [0.717, 1.165) is 18.5 Å². The first kappa shape index (κ1) is 19.0. The SMILES string of the molecule is CC1(C)CC(C23CCC(C2)C(C(=O)N2CCCC2C[SiH2+])C3)CC(C)(C)N1. The fourth-order valence-electron chi connectivity index (χ4n) is 7.55. The second kappa shape index (κ2) is 6.33. The third-order valence-electron chi connectivity index (χ3n) is 8.24. The van der Waals surface area contributed by atoms with Crippen LogP contribution in [0.25, 0.3) is 0 Å². The van der Waals surface area contributed by atoms with E-state index >= 15 is 0 Å². The first-order chi connectivity index (χ1) is 12.1. The fraction of sp³-hybridized carbons (Fsp3) is 0.955. The van der Waals surface area contributed by atoms with Crippen molar-refractivity contribution in [2.75, 3.05) is 6.54 Å². The second-order valence-electron chi connectivity index (χ2n) is 11.3. The fourth-order valence-corrected chi connectivity index (χ4v) is 8.15. The third-order valence-corrected chi connectivity index (χ3v) is 8.91. The Morgan fingerprint density at radius 1 is 1.08 bits per heavy atom. The number of rotatable bonds is 3. The minimum Gasteiger partial charge on any atom is -0.337 e. The number of hydrogen-bond donors (Lipinski definition) is 1. The molecule has 3 nitrogen and oxygen atoms in total. The highest BCUT2D eigenvalue weighted by atomic mass is 28.1. The second-order valence-corrected chi connectivity index (χ2v) is 11.9. The molecule has 2 bridgehead atoms. The van der Waals surface area contributed by atoms with E-state index in [9.17, 15) is 4.79 Å². The van der Waals surface area contributed by atoms with Crippen LogP contribution >= 0.6 is 0 Å². The molecule has 146 valence electrons. The molecule has 4 heteroatoms. The molecule has 2 aliphatic carbocycles. The van der Waals surface area contributed by atoms with Crippen molar-refractivity contribution in [3.8, 4) is 0 Å². The number of piperidine rings is 1. The summed E-state index contributed by atoms with van der Waals surface area (Å²) in [5.74, 6) is 2.31. The van der Waals surface area contributed by atoms with Crippen molar-refractivity contribution in [2.24, 2.45) is 23.2 Å². The van der Waals surface area contributed by atoms with Crippen LogP contribution in [0.1, 0.15) is 79.1 Å². The van der Waals surface area contributed by atoms with Crippen molar-refractivity contribution in [3.05, 3.63) is 0 Å². The summed E-state index contributed by atoms with van der Waals surface area (Å²) in [7, 11) is 2.04. The summed E-state index contributed by atoms with van der Waals surface area (Å²) in [5.41, 5.74) is 0.875. The molecule has 4 rings (SSSR count). The average Bonchev–Trinajstić information content (AvgIpc) is 3.25. The normalized spacial score (nSPS) is 41.7. The molecule has 2 saturated carbocycles. The maximum absolute atomic E-state index is 13.4. The van der Waals surface area contributed by atoms with Gasteiger partial charge in [-0.15, -0.1) is 0 Å². The predicted molar refractivity (Wildman–Crippen MR) is 110 cm³/mol. The molecular formula is C22H39N2OSi+. The van der Waals surface area contributed by atoms with Crippen molar-refractivity contribution in [1.82, 2.24) is 10.2 Å². The zero-order valence-electron chi connectivity index (χ0n) is 17.4. The van der Waals surface area contributed by atoms with Gasteiger partial charge < -0.3 is 10.2 Å². The van der Waals surface area contributed by atoms with Gasteiger partial charge in [0.1, 0.15) is 0 Å². The van der Waals surface area contributed by atoms with Crippen molar-refractivity contribution >= 4 is 16.1 Å². The Labute approximate surface area is 163 Å². The lowest BCUT2D eigenvalue weighted by atomic mass is 9.61. The molecule has 1 N–H and O–H groups in total. The molecular weight excluding hydrogens is 336 g/mol. The van der Waals surface area contributed by atoms with Gasteiger partial charge in [-0.25, -0.2) is 0 Å². The summed E-state index contributed by atoms with van der Waals surface area (Å²) >= 11 is 0. The van der Waals surface area contributed by atoms with E-state index < -0.39 is 0 Å². The lowest BCUT2D eigenvalue weighted by Gasteiger charge is -2.52. The Balaban J connectivity index is 1.52. The highest BCUT2D eigenvalue weighted by Gasteiger charge is 2.59. The van der Waals surface area contributed by atoms with Gasteiger partial charge in [0.05, 0.1) is 12.1 Å². The summed E-state index contributed by atoms with van der Waals surface area (Å²) < 4.78 is 0. The zero-order valence-corrected chi connectivity index (χ0v) is 18.9. The van der Waals surface area contributed by atoms with Crippen LogP contribution in [-0.2, 0) is 4.79 Å². The molecule has 0 spiro atoms. The summed E-state index contributed by atoms with van der Waals surface area (Å²) in [6.07, 6.45) is 10.2. The largest absolute Gasteiger partial charge is 0.337 e. The van der Waals surface area contributed by atoms with Crippen LogP contribution in [0.3, 0.4) is 0 Å². The number of nitrogens with one attached hydrogen (secondary N) is 1. The van der Waals surface area contributed by atoms with Gasteiger partial charge in [-0.3, -0.25) is 4.79 Å². The Morgan fingerprint density at radius 2 is 1.77 bits per heavy atom. The van der Waals surface area contributed by atoms with E-state index in [2.05, 4.69) is 37.9 Å². The molecule has 0 aromatic rings. The van der Waals surface area contributed by atoms with E-state index in [-0.39, 0.29) is 11.1 Å². The quantitative estimate of drug-likeness (QED) is 0.767. The first-order valence-corrected chi connectivity index (χ1v) is 12.0. The molecule has 4 atom stereocenters. The minimum atomic E-state index is 0.213. The van der Waals surface area contributed by atoms with Crippen molar-refractivity contribution < 1.29 is 4.79 Å². The van der Waals surface area contributed by atoms with Crippen LogP contribution in [0, 0.1) is 23.2 Å². The van der Waals surface area contributed by atoms with Crippen molar-refractivity contribution in [3.63, 3.8) is 0 Å². The van der Waals surface area contributed by atoms with Crippen LogP contribution in [0.4, 0.5) is 0 Å². The molecule has 26 heavy (non-hydrogen) atoms. The van der Waals surface area contributed by atoms with Crippen LogP contribution < -0.4 is 5.32 Å². The molecule has 2 saturated heterocycles. The van der Waals surface area contributed by atoms with E-state index in [1.807, 2.05) is 10.2 Å². The number of carbonyl (C=O) groups excluding carboxylic acids is 1. The third kappa shape index (κ3) is 3.19. The first-order valence-electron chi connectivity index (χ1n) is 11.0. The number of carbonyl (C=O) groups is 1. The monoisotopic (exact) mass is 375 g/mol. The lowest BCUT2D eigenvalue weighted by molar-refractivity contribution is -0.138. The van der Waals surface area contributed by atoms with Gasteiger partial charge in [-0.05, 0) is 96.3 Å². The number of hydrogen-bond acceptors (Lipinski definition) is 2. The summed E-state index contributed by atoms with van der Waals surface area (Å²) in [6.45, 7) is 10.5. The van der Waals surface area contributed by atoms with Crippen molar-refractivity contribution in [1.29, 1.82) is 0 Å². The standard InChI is InChI=1S/C22H39N2OSi/c1-20(2)11-16(12-21(3,4)23-20)22-8-7-15(10-22)18(13-22)19(25)24-9-5-6-17(24)14-26/h15-18,23H,5-14,26H2,1-4H3/q+1. The molecule has 4 aliphatic rings. The predicted octanol–water partition coefficient (Wildman–Crippen LogP) is 3.39. The maximum Gasteiger partial charge on any atom is 0.285 e. The molecule has 1 amide bonds. The molecule has 4 fully saturated rings. The smallest absolute Gasteiger partial charge is 0.285 e. The van der Waals surface area contributed by atoms with Gasteiger partial charge in [-0.1, -0.05) is 0 Å². The van der Waals surface area contributed by atoms with Crippen LogP contribution in [0.2, 0.25) is 6.04 Å². The summed E-state index contributed by atoms with van der Waals surface area (Å²) in [6, 6.07) is 1.69. The van der Waals surface area contributed by atoms with Gasteiger partial charge in [0.2, 0.25) is 5.91 Å². The maximum atomic E-state index is 13.4. The van der Waals surface area contributed by atoms with E-state index in [0.29, 0.717) is 29.2 Å². The minimum absolute atomic E-state index is 0.213. The van der Waals surface area contributed by atoms with E-state index in [1.54, 1.807) is 0 Å².